The Kier molecular flexibility index (Phi) is 5.72. The molecule has 3 N–H and O–H groups in total. The number of imidazole rings is 1. The second-order valence-electron chi connectivity index (χ2n) is 8.42. The van der Waals surface area contributed by atoms with Crippen molar-refractivity contribution in [3.05, 3.63) is 48.5 Å². The van der Waals surface area contributed by atoms with Gasteiger partial charge in [0, 0.05) is 42.3 Å². The number of halogens is 3. The highest BCUT2D eigenvalue weighted by atomic mass is 32.2. The number of alkyl halides is 3. The number of piperidine rings is 1. The van der Waals surface area contributed by atoms with Gasteiger partial charge in [0.2, 0.25) is 10.0 Å². The van der Waals surface area contributed by atoms with Crippen LogP contribution in [-0.2, 0) is 10.0 Å². The number of fused-ring (bicyclic) bond motifs is 2. The Bertz CT molecular complexity index is 1410. The lowest BCUT2D eigenvalue weighted by molar-refractivity contribution is 0.0611. The summed E-state index contributed by atoms with van der Waals surface area (Å²) < 4.78 is 66.1. The molecule has 4 heterocycles. The molecular weight excluding hydrogens is 469 g/mol. The zero-order chi connectivity index (χ0) is 24.0. The van der Waals surface area contributed by atoms with Crippen LogP contribution in [0.2, 0.25) is 0 Å². The minimum absolute atomic E-state index is 0.0974. The van der Waals surface area contributed by atoms with E-state index in [1.54, 1.807) is 12.4 Å². The first-order chi connectivity index (χ1) is 16.2. The maximum absolute atomic E-state index is 13.4. The number of rotatable bonds is 6. The molecule has 0 aliphatic carbocycles. The molecule has 1 aliphatic rings. The van der Waals surface area contributed by atoms with Crippen LogP contribution >= 0.6 is 0 Å². The smallest absolute Gasteiger partial charge is 0.270 e. The van der Waals surface area contributed by atoms with Crippen molar-refractivity contribution in [2.75, 3.05) is 24.6 Å². The Balaban J connectivity index is 1.45. The summed E-state index contributed by atoms with van der Waals surface area (Å²) in [6.07, 6.45) is -1.86. The molecule has 12 heteroatoms. The molecule has 1 saturated heterocycles. The van der Waals surface area contributed by atoms with Gasteiger partial charge in [-0.2, -0.15) is 0 Å². The molecule has 5 rings (SSSR count). The molecule has 3 aromatic heterocycles. The minimum Gasteiger partial charge on any atom is -0.382 e. The molecule has 8 nitrogen and oxygen atoms in total. The lowest BCUT2D eigenvalue weighted by Gasteiger charge is -2.31. The van der Waals surface area contributed by atoms with Crippen LogP contribution in [0.4, 0.5) is 19.0 Å². The van der Waals surface area contributed by atoms with Gasteiger partial charge in [-0.25, -0.2) is 35.9 Å². The van der Waals surface area contributed by atoms with E-state index in [0.717, 1.165) is 20.9 Å². The molecule has 4 aromatic rings. The Labute approximate surface area is 193 Å². The van der Waals surface area contributed by atoms with Crippen molar-refractivity contribution in [3.63, 3.8) is 0 Å². The van der Waals surface area contributed by atoms with Crippen molar-refractivity contribution in [1.29, 1.82) is 0 Å². The van der Waals surface area contributed by atoms with E-state index >= 15 is 0 Å². The van der Waals surface area contributed by atoms with Gasteiger partial charge in [-0.05, 0) is 25.0 Å². The Morgan fingerprint density at radius 1 is 1.18 bits per heavy atom. The van der Waals surface area contributed by atoms with Crippen LogP contribution in [-0.4, -0.2) is 63.5 Å². The predicted molar refractivity (Wildman–Crippen MR) is 123 cm³/mol. The number of benzene rings is 1. The molecule has 0 radical (unpaired) electrons. The maximum Gasteiger partial charge on any atom is 0.270 e. The lowest BCUT2D eigenvalue weighted by atomic mass is 9.97. The fourth-order valence-electron chi connectivity index (χ4n) is 4.54. The summed E-state index contributed by atoms with van der Waals surface area (Å²) in [6.45, 7) is 0.195. The maximum atomic E-state index is 13.4. The third-order valence-corrected chi connectivity index (χ3v) is 8.14. The summed E-state index contributed by atoms with van der Waals surface area (Å²) in [5.74, 6) is -0.286. The molecule has 1 aromatic carbocycles. The monoisotopic (exact) mass is 492 g/mol. The molecule has 1 fully saturated rings. The molecule has 0 amide bonds. The number of anilines is 1. The van der Waals surface area contributed by atoms with Gasteiger partial charge in [-0.3, -0.25) is 4.40 Å². The van der Waals surface area contributed by atoms with Crippen molar-refractivity contribution in [1.82, 2.24) is 23.7 Å². The molecule has 34 heavy (non-hydrogen) atoms. The number of nitrogen functional groups attached to an aromatic ring is 1. The summed E-state index contributed by atoms with van der Waals surface area (Å²) in [4.78, 5) is 12.5. The van der Waals surface area contributed by atoms with Crippen LogP contribution in [0.5, 0.6) is 0 Å². The average Bonchev–Trinajstić information content (AvgIpc) is 3.41. The van der Waals surface area contributed by atoms with Gasteiger partial charge < -0.3 is 10.7 Å². The number of hydrogen-bond acceptors (Lipinski definition) is 5. The van der Waals surface area contributed by atoms with E-state index in [9.17, 15) is 21.6 Å². The lowest BCUT2D eigenvalue weighted by Crippen LogP contribution is -2.42. The number of hydrogen-bond donors (Lipinski definition) is 2. The van der Waals surface area contributed by atoms with E-state index in [1.165, 1.54) is 0 Å². The first-order valence-corrected chi connectivity index (χ1v) is 12.5. The first-order valence-electron chi connectivity index (χ1n) is 10.8. The summed E-state index contributed by atoms with van der Waals surface area (Å²) in [6, 6.07) is 9.82. The number of para-hydroxylation sites is 1. The molecule has 180 valence electrons. The van der Waals surface area contributed by atoms with E-state index in [4.69, 9.17) is 10.7 Å². The fraction of sp³-hybridized carbons (Fsp3) is 0.364. The molecule has 1 atom stereocenters. The van der Waals surface area contributed by atoms with E-state index in [1.807, 2.05) is 34.7 Å². The summed E-state index contributed by atoms with van der Waals surface area (Å²) in [5, 5.41) is 1.02. The van der Waals surface area contributed by atoms with Crippen LogP contribution in [0.25, 0.3) is 27.8 Å². The highest BCUT2D eigenvalue weighted by Gasteiger charge is 2.35. The normalized spacial score (nSPS) is 17.2. The topological polar surface area (TPSA) is 109 Å². The predicted octanol–water partition coefficient (Wildman–Crippen LogP) is 3.57. The summed E-state index contributed by atoms with van der Waals surface area (Å²) in [7, 11) is -4.12. The van der Waals surface area contributed by atoms with Crippen molar-refractivity contribution < 1.29 is 21.6 Å². The van der Waals surface area contributed by atoms with Crippen molar-refractivity contribution in [2.24, 2.45) is 0 Å². The van der Waals surface area contributed by atoms with E-state index in [0.29, 0.717) is 35.7 Å². The number of aromatic amines is 1. The van der Waals surface area contributed by atoms with Gasteiger partial charge in [0.15, 0.2) is 6.17 Å². The highest BCUT2D eigenvalue weighted by Crippen LogP contribution is 2.35. The third kappa shape index (κ3) is 4.00. The van der Waals surface area contributed by atoms with E-state index in [2.05, 4.69) is 9.97 Å². The largest absolute Gasteiger partial charge is 0.382 e. The van der Waals surface area contributed by atoms with Crippen LogP contribution in [0.3, 0.4) is 0 Å². The van der Waals surface area contributed by atoms with Crippen molar-refractivity contribution >= 4 is 32.3 Å². The number of nitrogens with zero attached hydrogens (tertiary/aromatic N) is 4. The molecule has 0 bridgehead atoms. The van der Waals surface area contributed by atoms with Gasteiger partial charge >= 0.3 is 0 Å². The number of aromatic nitrogens is 4. The standard InChI is InChI=1S/C22H23F3N6O2S/c23-15(20(24)25)12-34(32,33)30-8-5-13(6-9-30)22-29-18(19-21(26)27-7-10-31(19)22)17-11-14-3-1-2-4-16(14)28-17/h1-4,7,10-11,13,15,20,28H,5-6,8-9,12H2,(H2,26,27). The van der Waals surface area contributed by atoms with Gasteiger partial charge in [0.1, 0.15) is 28.6 Å². The van der Waals surface area contributed by atoms with Crippen LogP contribution in [0, 0.1) is 0 Å². The number of H-pyrrole nitrogens is 1. The SMILES string of the molecule is Nc1nccn2c(C3CCN(S(=O)(=O)CC(F)C(F)F)CC3)nc(-c3cc4ccccc4[nH]3)c12. The zero-order valence-corrected chi connectivity index (χ0v) is 18.9. The molecule has 0 spiro atoms. The van der Waals surface area contributed by atoms with Gasteiger partial charge in [-0.15, -0.1) is 0 Å². The summed E-state index contributed by atoms with van der Waals surface area (Å²) in [5.41, 5.74) is 9.24. The Morgan fingerprint density at radius 3 is 2.62 bits per heavy atom. The van der Waals surface area contributed by atoms with Crippen LogP contribution in [0.15, 0.2) is 42.7 Å². The van der Waals surface area contributed by atoms with Gasteiger partial charge in [0.25, 0.3) is 6.43 Å². The Morgan fingerprint density at radius 2 is 1.91 bits per heavy atom. The molecular formula is C22H23F3N6O2S. The molecule has 1 aliphatic heterocycles. The minimum atomic E-state index is -4.12. The van der Waals surface area contributed by atoms with Crippen LogP contribution < -0.4 is 5.73 Å². The number of nitrogens with one attached hydrogen (secondary N) is 1. The Hall–Kier alpha value is -3.12. The van der Waals surface area contributed by atoms with Crippen molar-refractivity contribution in [2.45, 2.75) is 31.4 Å². The molecule has 1 unspecified atom stereocenters. The first kappa shape index (κ1) is 22.7. The second-order valence-corrected chi connectivity index (χ2v) is 10.4. The fourth-order valence-corrected chi connectivity index (χ4v) is 6.06. The number of sulfonamides is 1. The highest BCUT2D eigenvalue weighted by molar-refractivity contribution is 7.89. The van der Waals surface area contributed by atoms with E-state index < -0.39 is 28.4 Å². The average molecular weight is 493 g/mol. The van der Waals surface area contributed by atoms with Crippen LogP contribution in [0.1, 0.15) is 24.6 Å². The van der Waals surface area contributed by atoms with Gasteiger partial charge in [-0.1, -0.05) is 18.2 Å². The third-order valence-electron chi connectivity index (χ3n) is 6.25. The molecule has 0 saturated carbocycles. The number of nitrogens with two attached hydrogens (primary N) is 1. The van der Waals surface area contributed by atoms with E-state index in [-0.39, 0.29) is 19.0 Å². The van der Waals surface area contributed by atoms with Crippen molar-refractivity contribution in [3.8, 4) is 11.4 Å². The quantitative estimate of drug-likeness (QED) is 0.428. The summed E-state index contributed by atoms with van der Waals surface area (Å²) >= 11 is 0. The van der Waals surface area contributed by atoms with Gasteiger partial charge in [0.05, 0.1) is 5.69 Å². The zero-order valence-electron chi connectivity index (χ0n) is 18.0. The second kappa shape index (κ2) is 8.58.